The topological polar surface area (TPSA) is 96.5 Å². The van der Waals surface area contributed by atoms with Gasteiger partial charge in [0.2, 0.25) is 0 Å². The van der Waals surface area contributed by atoms with Crippen molar-refractivity contribution in [1.82, 2.24) is 9.78 Å². The van der Waals surface area contributed by atoms with E-state index in [0.717, 1.165) is 0 Å². The Morgan fingerprint density at radius 3 is 2.43 bits per heavy atom. The highest BCUT2D eigenvalue weighted by Gasteiger charge is 2.23. The lowest BCUT2D eigenvalue weighted by molar-refractivity contribution is -0.386. The van der Waals surface area contributed by atoms with Crippen LogP contribution in [0, 0.1) is 24.0 Å². The summed E-state index contributed by atoms with van der Waals surface area (Å²) in [5, 5.41) is 15.1. The Bertz CT molecular complexity index is 767. The number of aromatic nitrogens is 2. The Morgan fingerprint density at radius 2 is 1.91 bits per heavy atom. The van der Waals surface area contributed by atoms with Gasteiger partial charge < -0.3 is 9.47 Å². The number of nitro groups is 1. The second kappa shape index (κ2) is 6.47. The molecule has 0 aliphatic heterocycles. The van der Waals surface area contributed by atoms with Gasteiger partial charge in [-0.15, -0.1) is 0 Å². The first-order valence-electron chi connectivity index (χ1n) is 6.82. The minimum Gasteiger partial charge on any atom is -0.493 e. The van der Waals surface area contributed by atoms with E-state index in [2.05, 4.69) is 5.10 Å². The normalized spacial score (nSPS) is 10.4. The number of carbonyl (C=O) groups excluding carboxylic acids is 1. The third kappa shape index (κ3) is 3.15. The number of ether oxygens (including phenoxy) is 2. The third-order valence-electron chi connectivity index (χ3n) is 3.52. The Kier molecular flexibility index (Phi) is 4.63. The van der Waals surface area contributed by atoms with Crippen molar-refractivity contribution in [2.24, 2.45) is 0 Å². The number of ketones is 1. The average molecular weight is 319 g/mol. The van der Waals surface area contributed by atoms with Gasteiger partial charge in [0.05, 0.1) is 19.1 Å². The molecule has 8 heteroatoms. The van der Waals surface area contributed by atoms with E-state index >= 15 is 0 Å². The van der Waals surface area contributed by atoms with Crippen molar-refractivity contribution in [3.8, 4) is 11.5 Å². The molecule has 23 heavy (non-hydrogen) atoms. The van der Waals surface area contributed by atoms with Crippen molar-refractivity contribution in [3.63, 3.8) is 0 Å². The van der Waals surface area contributed by atoms with Gasteiger partial charge in [0, 0.05) is 5.56 Å². The molecule has 2 aromatic rings. The molecule has 0 fully saturated rings. The lowest BCUT2D eigenvalue weighted by atomic mass is 10.1. The summed E-state index contributed by atoms with van der Waals surface area (Å²) in [4.78, 5) is 22.9. The van der Waals surface area contributed by atoms with Gasteiger partial charge >= 0.3 is 5.69 Å². The van der Waals surface area contributed by atoms with Crippen LogP contribution in [0.1, 0.15) is 21.7 Å². The SMILES string of the molecule is COc1ccc(C(=O)Cn2nc(C)c([N+](=O)[O-])c2C)cc1OC. The number of benzene rings is 1. The minimum absolute atomic E-state index is 0.0647. The monoisotopic (exact) mass is 319 g/mol. The molecule has 0 saturated heterocycles. The van der Waals surface area contributed by atoms with Crippen molar-refractivity contribution < 1.29 is 19.2 Å². The minimum atomic E-state index is -0.491. The molecule has 0 aliphatic carbocycles. The molecule has 0 spiro atoms. The standard InChI is InChI=1S/C15H17N3O5/c1-9-15(18(20)21)10(2)17(16-9)8-12(19)11-5-6-13(22-3)14(7-11)23-4/h5-7H,8H2,1-4H3. The fourth-order valence-corrected chi connectivity index (χ4v) is 2.34. The number of methoxy groups -OCH3 is 2. The number of rotatable bonds is 6. The van der Waals surface area contributed by atoms with Crippen LogP contribution in [0.25, 0.3) is 0 Å². The van der Waals surface area contributed by atoms with Gasteiger partial charge in [-0.05, 0) is 32.0 Å². The molecular formula is C15H17N3O5. The van der Waals surface area contributed by atoms with Crippen LogP contribution in [-0.2, 0) is 6.54 Å². The maximum atomic E-state index is 12.4. The summed E-state index contributed by atoms with van der Waals surface area (Å²) in [6, 6.07) is 4.82. The summed E-state index contributed by atoms with van der Waals surface area (Å²) in [5.41, 5.74) is 0.983. The maximum Gasteiger partial charge on any atom is 0.312 e. The molecule has 0 atom stereocenters. The number of nitrogens with zero attached hydrogens (tertiary/aromatic N) is 3. The first-order chi connectivity index (χ1) is 10.9. The molecule has 0 unspecified atom stereocenters. The molecule has 0 radical (unpaired) electrons. The Labute approximate surface area is 132 Å². The molecule has 122 valence electrons. The van der Waals surface area contributed by atoms with Gasteiger partial charge in [-0.2, -0.15) is 5.10 Å². The lowest BCUT2D eigenvalue weighted by Gasteiger charge is -2.09. The smallest absolute Gasteiger partial charge is 0.312 e. The van der Waals surface area contributed by atoms with Gasteiger partial charge in [-0.1, -0.05) is 0 Å². The van der Waals surface area contributed by atoms with Crippen LogP contribution in [0.15, 0.2) is 18.2 Å². The van der Waals surface area contributed by atoms with E-state index in [1.54, 1.807) is 32.0 Å². The van der Waals surface area contributed by atoms with E-state index in [9.17, 15) is 14.9 Å². The molecule has 1 aromatic carbocycles. The molecule has 1 heterocycles. The summed E-state index contributed by atoms with van der Waals surface area (Å²) in [6.07, 6.45) is 0. The lowest BCUT2D eigenvalue weighted by Crippen LogP contribution is -2.13. The third-order valence-corrected chi connectivity index (χ3v) is 3.52. The zero-order valence-electron chi connectivity index (χ0n) is 13.3. The molecule has 2 rings (SSSR count). The van der Waals surface area contributed by atoms with Crippen LogP contribution >= 0.6 is 0 Å². The highest BCUT2D eigenvalue weighted by molar-refractivity contribution is 5.96. The summed E-state index contributed by atoms with van der Waals surface area (Å²) < 4.78 is 11.6. The zero-order valence-corrected chi connectivity index (χ0v) is 13.3. The molecule has 0 saturated carbocycles. The van der Waals surface area contributed by atoms with E-state index in [0.29, 0.717) is 22.8 Å². The Morgan fingerprint density at radius 1 is 1.26 bits per heavy atom. The van der Waals surface area contributed by atoms with Gasteiger partial charge in [-0.25, -0.2) is 0 Å². The number of Topliss-reactive ketones (excluding diaryl/α,β-unsaturated/α-hetero) is 1. The molecule has 1 aromatic heterocycles. The fraction of sp³-hybridized carbons (Fsp3) is 0.333. The highest BCUT2D eigenvalue weighted by Crippen LogP contribution is 2.28. The van der Waals surface area contributed by atoms with Gasteiger partial charge in [0.25, 0.3) is 0 Å². The predicted molar refractivity (Wildman–Crippen MR) is 82.2 cm³/mol. The van der Waals surface area contributed by atoms with Crippen molar-refractivity contribution in [3.05, 3.63) is 45.3 Å². The van der Waals surface area contributed by atoms with Crippen LogP contribution in [0.3, 0.4) is 0 Å². The van der Waals surface area contributed by atoms with Crippen LogP contribution in [-0.4, -0.2) is 34.7 Å². The Hall–Kier alpha value is -2.90. The van der Waals surface area contributed by atoms with Gasteiger partial charge in [0.15, 0.2) is 17.3 Å². The summed E-state index contributed by atoms with van der Waals surface area (Å²) in [5.74, 6) is 0.731. The Balaban J connectivity index is 2.30. The van der Waals surface area contributed by atoms with E-state index in [1.165, 1.54) is 18.9 Å². The quantitative estimate of drug-likeness (QED) is 0.460. The first-order valence-corrected chi connectivity index (χ1v) is 6.82. The number of carbonyl (C=O) groups is 1. The largest absolute Gasteiger partial charge is 0.493 e. The van der Waals surface area contributed by atoms with Crippen LogP contribution in [0.4, 0.5) is 5.69 Å². The predicted octanol–water partition coefficient (Wildman–Crippen LogP) is 2.31. The summed E-state index contributed by atoms with van der Waals surface area (Å²) in [6.45, 7) is 3.03. The second-order valence-electron chi connectivity index (χ2n) is 4.93. The fourth-order valence-electron chi connectivity index (χ4n) is 2.34. The van der Waals surface area contributed by atoms with Crippen LogP contribution < -0.4 is 9.47 Å². The molecule has 0 amide bonds. The van der Waals surface area contributed by atoms with Crippen molar-refractivity contribution in [2.75, 3.05) is 14.2 Å². The first kappa shape index (κ1) is 16.5. The van der Waals surface area contributed by atoms with Crippen molar-refractivity contribution in [2.45, 2.75) is 20.4 Å². The molecule has 0 aliphatic rings. The maximum absolute atomic E-state index is 12.4. The summed E-state index contributed by atoms with van der Waals surface area (Å²) in [7, 11) is 2.99. The van der Waals surface area contributed by atoms with Crippen LogP contribution in [0.2, 0.25) is 0 Å². The van der Waals surface area contributed by atoms with Crippen molar-refractivity contribution >= 4 is 11.5 Å². The van der Waals surface area contributed by atoms with E-state index in [1.807, 2.05) is 0 Å². The number of aryl methyl sites for hydroxylation is 1. The van der Waals surface area contributed by atoms with Crippen LogP contribution in [0.5, 0.6) is 11.5 Å². The van der Waals surface area contributed by atoms with E-state index < -0.39 is 4.92 Å². The second-order valence-corrected chi connectivity index (χ2v) is 4.93. The summed E-state index contributed by atoms with van der Waals surface area (Å²) >= 11 is 0. The molecular weight excluding hydrogens is 302 g/mol. The average Bonchev–Trinajstić information content (AvgIpc) is 2.80. The van der Waals surface area contributed by atoms with Gasteiger partial charge in [-0.3, -0.25) is 19.6 Å². The molecule has 0 bridgehead atoms. The number of hydrogen-bond acceptors (Lipinski definition) is 6. The highest BCUT2D eigenvalue weighted by atomic mass is 16.6. The molecule has 0 N–H and O–H groups in total. The van der Waals surface area contributed by atoms with Gasteiger partial charge in [0.1, 0.15) is 17.9 Å². The van der Waals surface area contributed by atoms with E-state index in [-0.39, 0.29) is 23.7 Å². The van der Waals surface area contributed by atoms with Crippen molar-refractivity contribution in [1.29, 1.82) is 0 Å². The van der Waals surface area contributed by atoms with E-state index in [4.69, 9.17) is 9.47 Å². The zero-order chi connectivity index (χ0) is 17.1. The number of hydrogen-bond donors (Lipinski definition) is 0. The molecule has 8 nitrogen and oxygen atoms in total.